The van der Waals surface area contributed by atoms with Crippen molar-refractivity contribution in [1.29, 1.82) is 0 Å². The molecule has 0 spiro atoms. The van der Waals surface area contributed by atoms with Crippen LogP contribution in [0.25, 0.3) is 0 Å². The summed E-state index contributed by atoms with van der Waals surface area (Å²) in [5, 5.41) is 34.7. The van der Waals surface area contributed by atoms with Crippen LogP contribution in [0.15, 0.2) is 24.3 Å². The molecule has 2 unspecified atom stereocenters. The van der Waals surface area contributed by atoms with Crippen molar-refractivity contribution >= 4 is 46.5 Å². The first-order chi connectivity index (χ1) is 14.2. The fraction of sp³-hybridized carbons (Fsp3) is 0.474. The van der Waals surface area contributed by atoms with Crippen molar-refractivity contribution in [2.75, 3.05) is 6.54 Å². The fourth-order valence-electron chi connectivity index (χ4n) is 2.57. The maximum atomic E-state index is 11.8. The number of amides is 2. The van der Waals surface area contributed by atoms with Gasteiger partial charge in [-0.2, -0.15) is 0 Å². The molecule has 30 heavy (non-hydrogen) atoms. The monoisotopic (exact) mass is 535 g/mol. The number of aliphatic carboxylic acids is 3. The Balaban J connectivity index is 2.29. The zero-order chi connectivity index (χ0) is 22.5. The van der Waals surface area contributed by atoms with Gasteiger partial charge in [0.2, 0.25) is 0 Å². The van der Waals surface area contributed by atoms with E-state index in [-0.39, 0.29) is 19.4 Å². The van der Waals surface area contributed by atoms with E-state index in [2.05, 4.69) is 38.5 Å². The van der Waals surface area contributed by atoms with Crippen molar-refractivity contribution in [2.24, 2.45) is 0 Å². The Bertz CT molecular complexity index is 727. The lowest BCUT2D eigenvalue weighted by molar-refractivity contribution is -0.141. The third-order valence-electron chi connectivity index (χ3n) is 4.22. The number of rotatable bonds is 14. The Kier molecular flexibility index (Phi) is 11.7. The lowest BCUT2D eigenvalue weighted by atomic mass is 10.1. The molecule has 1 rings (SSSR count). The first-order valence-electron chi connectivity index (χ1n) is 9.38. The van der Waals surface area contributed by atoms with E-state index < -0.39 is 36.0 Å². The molecule has 0 aliphatic heterocycles. The van der Waals surface area contributed by atoms with Gasteiger partial charge in [-0.25, -0.2) is 9.59 Å². The maximum absolute atomic E-state index is 11.8. The number of nitrogens with one attached hydrogen (secondary N) is 3. The summed E-state index contributed by atoms with van der Waals surface area (Å²) in [5.41, 5.74) is 0.982. The van der Waals surface area contributed by atoms with Gasteiger partial charge in [-0.3, -0.25) is 9.59 Å². The van der Waals surface area contributed by atoms with E-state index in [9.17, 15) is 24.3 Å². The van der Waals surface area contributed by atoms with Gasteiger partial charge in [0.1, 0.15) is 12.1 Å². The number of carbonyl (C=O) groups excluding carboxylic acids is 1. The number of benzene rings is 1. The minimum Gasteiger partial charge on any atom is -0.481 e. The number of carboxylic acids is 3. The van der Waals surface area contributed by atoms with Crippen LogP contribution in [-0.4, -0.2) is 57.9 Å². The molecule has 0 saturated carbocycles. The first kappa shape index (κ1) is 25.6. The van der Waals surface area contributed by atoms with Gasteiger partial charge in [-0.15, -0.1) is 0 Å². The van der Waals surface area contributed by atoms with E-state index in [1.54, 1.807) is 0 Å². The van der Waals surface area contributed by atoms with Crippen LogP contribution in [0.4, 0.5) is 4.79 Å². The zero-order valence-corrected chi connectivity index (χ0v) is 18.4. The average Bonchev–Trinajstić information content (AvgIpc) is 2.67. The third-order valence-corrected chi connectivity index (χ3v) is 4.94. The molecular weight excluding hydrogens is 509 g/mol. The molecule has 2 amide bonds. The van der Waals surface area contributed by atoms with Crippen molar-refractivity contribution in [3.63, 3.8) is 0 Å². The number of urea groups is 1. The molecule has 166 valence electrons. The number of halogens is 1. The quantitative estimate of drug-likeness (QED) is 0.155. The van der Waals surface area contributed by atoms with Gasteiger partial charge in [-0.05, 0) is 66.0 Å². The van der Waals surface area contributed by atoms with Crippen LogP contribution in [-0.2, 0) is 20.9 Å². The molecule has 1 aromatic rings. The molecule has 0 saturated heterocycles. The topological polar surface area (TPSA) is 165 Å². The highest BCUT2D eigenvalue weighted by Crippen LogP contribution is 2.08. The second kappa shape index (κ2) is 13.7. The van der Waals surface area contributed by atoms with Crippen LogP contribution in [0.5, 0.6) is 0 Å². The molecule has 0 heterocycles. The van der Waals surface area contributed by atoms with E-state index in [0.29, 0.717) is 25.8 Å². The van der Waals surface area contributed by atoms with Crippen molar-refractivity contribution in [1.82, 2.24) is 16.0 Å². The van der Waals surface area contributed by atoms with Gasteiger partial charge in [0.15, 0.2) is 0 Å². The van der Waals surface area contributed by atoms with Gasteiger partial charge >= 0.3 is 23.9 Å². The number of hydrogen-bond acceptors (Lipinski definition) is 5. The van der Waals surface area contributed by atoms with Gasteiger partial charge in [0, 0.05) is 23.1 Å². The smallest absolute Gasteiger partial charge is 0.326 e. The van der Waals surface area contributed by atoms with Crippen LogP contribution in [0.3, 0.4) is 0 Å². The standard InChI is InChI=1S/C19H26IN3O7/c20-13-6-4-12(5-7-13)11-22-14(17(26)27)3-1-2-10-21-19(30)23-15(18(28)29)8-9-16(24)25/h4-7,14-15,22H,1-3,8-11H2,(H,24,25)(H,26,27)(H,28,29)(H2,21,23,30). The molecule has 1 aromatic carbocycles. The van der Waals surface area contributed by atoms with Crippen LogP contribution >= 0.6 is 22.6 Å². The average molecular weight is 535 g/mol. The highest BCUT2D eigenvalue weighted by molar-refractivity contribution is 14.1. The Morgan fingerprint density at radius 1 is 0.900 bits per heavy atom. The molecule has 11 heteroatoms. The van der Waals surface area contributed by atoms with Crippen molar-refractivity contribution in [3.8, 4) is 0 Å². The van der Waals surface area contributed by atoms with Gasteiger partial charge < -0.3 is 31.3 Å². The second-order valence-electron chi connectivity index (χ2n) is 6.62. The summed E-state index contributed by atoms with van der Waals surface area (Å²) in [4.78, 5) is 44.7. The molecule has 0 radical (unpaired) electrons. The third kappa shape index (κ3) is 11.0. The largest absolute Gasteiger partial charge is 0.481 e. The molecule has 0 bridgehead atoms. The Morgan fingerprint density at radius 2 is 1.53 bits per heavy atom. The molecule has 10 nitrogen and oxygen atoms in total. The Labute approximate surface area is 187 Å². The van der Waals surface area contributed by atoms with E-state index >= 15 is 0 Å². The molecular formula is C19H26IN3O7. The number of carbonyl (C=O) groups is 4. The Morgan fingerprint density at radius 3 is 2.10 bits per heavy atom. The SMILES string of the molecule is O=C(O)CCC(NC(=O)NCCCCC(NCc1ccc(I)cc1)C(=O)O)C(=O)O. The summed E-state index contributed by atoms with van der Waals surface area (Å²) in [7, 11) is 0. The van der Waals surface area contributed by atoms with Gasteiger partial charge in [0.05, 0.1) is 0 Å². The minimum atomic E-state index is -1.31. The summed E-state index contributed by atoms with van der Waals surface area (Å²) in [6, 6.07) is 5.03. The first-order valence-corrected chi connectivity index (χ1v) is 10.5. The predicted octanol–water partition coefficient (Wildman–Crippen LogP) is 1.62. The lowest BCUT2D eigenvalue weighted by Crippen LogP contribution is -2.46. The van der Waals surface area contributed by atoms with Crippen LogP contribution in [0.1, 0.15) is 37.7 Å². The lowest BCUT2D eigenvalue weighted by Gasteiger charge is -2.16. The molecule has 0 aliphatic rings. The molecule has 2 atom stereocenters. The summed E-state index contributed by atoms with van der Waals surface area (Å²) in [5.74, 6) is -3.41. The summed E-state index contributed by atoms with van der Waals surface area (Å²) >= 11 is 2.19. The highest BCUT2D eigenvalue weighted by atomic mass is 127. The predicted molar refractivity (Wildman–Crippen MR) is 116 cm³/mol. The van der Waals surface area contributed by atoms with Crippen molar-refractivity contribution in [2.45, 2.75) is 50.7 Å². The molecule has 0 aliphatic carbocycles. The number of carboxylic acid groups (broad SMARTS) is 3. The van der Waals surface area contributed by atoms with Crippen molar-refractivity contribution < 1.29 is 34.5 Å². The van der Waals surface area contributed by atoms with Crippen LogP contribution < -0.4 is 16.0 Å². The van der Waals surface area contributed by atoms with E-state index in [4.69, 9.17) is 10.2 Å². The summed E-state index contributed by atoms with van der Waals surface area (Å²) < 4.78 is 1.10. The van der Waals surface area contributed by atoms with E-state index in [0.717, 1.165) is 9.13 Å². The molecule has 0 fully saturated rings. The van der Waals surface area contributed by atoms with E-state index in [1.165, 1.54) is 0 Å². The van der Waals surface area contributed by atoms with E-state index in [1.807, 2.05) is 24.3 Å². The molecule has 6 N–H and O–H groups in total. The molecule has 0 aromatic heterocycles. The number of hydrogen-bond donors (Lipinski definition) is 6. The highest BCUT2D eigenvalue weighted by Gasteiger charge is 2.21. The van der Waals surface area contributed by atoms with Gasteiger partial charge in [0.25, 0.3) is 0 Å². The Hall–Kier alpha value is -2.41. The van der Waals surface area contributed by atoms with Crippen LogP contribution in [0, 0.1) is 3.57 Å². The van der Waals surface area contributed by atoms with Crippen molar-refractivity contribution in [3.05, 3.63) is 33.4 Å². The van der Waals surface area contributed by atoms with Crippen LogP contribution in [0.2, 0.25) is 0 Å². The number of unbranched alkanes of at least 4 members (excludes halogenated alkanes) is 1. The van der Waals surface area contributed by atoms with Gasteiger partial charge in [-0.1, -0.05) is 12.1 Å². The normalized spacial score (nSPS) is 12.6. The summed E-state index contributed by atoms with van der Waals surface area (Å²) in [6.07, 6.45) is 0.834. The minimum absolute atomic E-state index is 0.218. The maximum Gasteiger partial charge on any atom is 0.326 e. The fourth-order valence-corrected chi connectivity index (χ4v) is 2.93. The second-order valence-corrected chi connectivity index (χ2v) is 7.86. The zero-order valence-electron chi connectivity index (χ0n) is 16.3. The summed E-state index contributed by atoms with van der Waals surface area (Å²) in [6.45, 7) is 0.669.